The van der Waals surface area contributed by atoms with Gasteiger partial charge in [-0.2, -0.15) is 0 Å². The van der Waals surface area contributed by atoms with Crippen molar-refractivity contribution in [3.8, 4) is 0 Å². The number of nitrogens with one attached hydrogen (secondary N) is 1. The Bertz CT molecular complexity index is 989. The molecule has 0 saturated carbocycles. The maximum Gasteiger partial charge on any atom is 0.173 e. The fraction of sp³-hybridized carbons (Fsp3) is 0.552. The fourth-order valence-corrected chi connectivity index (χ4v) is 5.26. The number of ether oxygens (including phenoxy) is 1. The summed E-state index contributed by atoms with van der Waals surface area (Å²) in [6.45, 7) is 15.3. The number of anilines is 2. The van der Waals surface area contributed by atoms with E-state index >= 15 is 0 Å². The summed E-state index contributed by atoms with van der Waals surface area (Å²) in [5.41, 5.74) is 7.90. The molecule has 190 valence electrons. The minimum absolute atomic E-state index is 0.795. The average Bonchev–Trinajstić information content (AvgIpc) is 2.87. The molecule has 2 aliphatic heterocycles. The minimum Gasteiger partial charge on any atom is -0.379 e. The van der Waals surface area contributed by atoms with E-state index in [0.717, 1.165) is 56.7 Å². The van der Waals surface area contributed by atoms with Gasteiger partial charge in [-0.05, 0) is 85.8 Å². The molecule has 0 atom stereocenters. The quantitative estimate of drug-likeness (QED) is 0.471. The maximum atomic E-state index is 5.95. The molecule has 0 aromatic heterocycles. The van der Waals surface area contributed by atoms with Gasteiger partial charge in [0.05, 0.1) is 13.2 Å². The Kier molecular flexibility index (Phi) is 9.41. The summed E-state index contributed by atoms with van der Waals surface area (Å²) in [6.07, 6.45) is 4.92. The second kappa shape index (κ2) is 12.7. The lowest BCUT2D eigenvalue weighted by Gasteiger charge is -2.33. The molecule has 2 heterocycles. The lowest BCUT2D eigenvalue weighted by molar-refractivity contribution is 0.0358. The van der Waals surface area contributed by atoms with Crippen LogP contribution >= 0.6 is 12.2 Å². The molecule has 0 unspecified atom stereocenters. The number of benzene rings is 2. The van der Waals surface area contributed by atoms with Crippen LogP contribution in [-0.4, -0.2) is 67.4 Å². The predicted molar refractivity (Wildman–Crippen MR) is 152 cm³/mol. The average molecular weight is 495 g/mol. The van der Waals surface area contributed by atoms with Crippen LogP contribution in [0.5, 0.6) is 0 Å². The third-order valence-corrected chi connectivity index (χ3v) is 7.71. The van der Waals surface area contributed by atoms with Crippen molar-refractivity contribution in [2.45, 2.75) is 53.0 Å². The predicted octanol–water partition coefficient (Wildman–Crippen LogP) is 5.39. The first-order valence-corrected chi connectivity index (χ1v) is 13.7. The van der Waals surface area contributed by atoms with Gasteiger partial charge in [0.25, 0.3) is 0 Å². The van der Waals surface area contributed by atoms with Gasteiger partial charge in [0.1, 0.15) is 0 Å². The lowest BCUT2D eigenvalue weighted by atomic mass is 9.98. The highest BCUT2D eigenvalue weighted by atomic mass is 32.1. The van der Waals surface area contributed by atoms with Gasteiger partial charge >= 0.3 is 0 Å². The van der Waals surface area contributed by atoms with Gasteiger partial charge in [0.15, 0.2) is 5.11 Å². The number of nitrogens with zero attached hydrogens (tertiary/aromatic N) is 3. The summed E-state index contributed by atoms with van der Waals surface area (Å²) in [7, 11) is 0. The SMILES string of the molecule is CCCCN1CCCc2cc(CN(CCN3CCOCC3)C(=S)Nc3ccc(C)c(C)c3)ccc21. The first kappa shape index (κ1) is 25.9. The highest BCUT2D eigenvalue weighted by Crippen LogP contribution is 2.29. The van der Waals surface area contributed by atoms with Gasteiger partial charge in [-0.15, -0.1) is 0 Å². The maximum absolute atomic E-state index is 5.95. The number of morpholine rings is 1. The zero-order valence-corrected chi connectivity index (χ0v) is 22.6. The van der Waals surface area contributed by atoms with Crippen molar-refractivity contribution in [3.63, 3.8) is 0 Å². The van der Waals surface area contributed by atoms with Crippen LogP contribution in [0.15, 0.2) is 36.4 Å². The van der Waals surface area contributed by atoms with Gasteiger partial charge in [0, 0.05) is 57.2 Å². The highest BCUT2D eigenvalue weighted by molar-refractivity contribution is 7.80. The smallest absolute Gasteiger partial charge is 0.173 e. The van der Waals surface area contributed by atoms with Gasteiger partial charge in [-0.25, -0.2) is 0 Å². The Hall–Kier alpha value is -2.15. The molecule has 2 aliphatic rings. The normalized spacial score (nSPS) is 16.1. The van der Waals surface area contributed by atoms with E-state index in [0.29, 0.717) is 0 Å². The molecule has 6 heteroatoms. The fourth-order valence-electron chi connectivity index (χ4n) is 4.99. The summed E-state index contributed by atoms with van der Waals surface area (Å²) in [5, 5.41) is 4.31. The lowest BCUT2D eigenvalue weighted by Crippen LogP contribution is -2.44. The van der Waals surface area contributed by atoms with E-state index in [2.05, 4.69) is 77.2 Å². The van der Waals surface area contributed by atoms with Gasteiger partial charge in [0.2, 0.25) is 0 Å². The van der Waals surface area contributed by atoms with E-state index in [-0.39, 0.29) is 0 Å². The molecular formula is C29H42N4OS. The van der Waals surface area contributed by atoms with Crippen molar-refractivity contribution >= 4 is 28.7 Å². The van der Waals surface area contributed by atoms with Crippen LogP contribution in [0.3, 0.4) is 0 Å². The number of thiocarbonyl (C=S) groups is 1. The monoisotopic (exact) mass is 494 g/mol. The Morgan fingerprint density at radius 3 is 2.63 bits per heavy atom. The largest absolute Gasteiger partial charge is 0.379 e. The molecule has 0 spiro atoms. The Balaban J connectivity index is 1.48. The summed E-state index contributed by atoms with van der Waals surface area (Å²) in [6, 6.07) is 13.5. The van der Waals surface area contributed by atoms with Crippen molar-refractivity contribution < 1.29 is 4.74 Å². The number of aryl methyl sites for hydroxylation is 3. The number of hydrogen-bond donors (Lipinski definition) is 1. The molecule has 0 bridgehead atoms. The molecule has 0 amide bonds. The van der Waals surface area contributed by atoms with Gasteiger partial charge < -0.3 is 19.9 Å². The highest BCUT2D eigenvalue weighted by Gasteiger charge is 2.19. The standard InChI is InChI=1S/C29H42N4OS/c1-4-5-12-32-13-6-7-26-21-25(9-11-28(26)32)22-33(15-14-31-16-18-34-19-17-31)29(35)30-27-10-8-23(2)24(3)20-27/h8-11,20-21H,4-7,12-19,22H2,1-3H3,(H,30,35). The molecule has 35 heavy (non-hydrogen) atoms. The molecule has 5 nitrogen and oxygen atoms in total. The molecule has 1 N–H and O–H groups in total. The second-order valence-corrected chi connectivity index (χ2v) is 10.4. The third kappa shape index (κ3) is 7.18. The summed E-state index contributed by atoms with van der Waals surface area (Å²) < 4.78 is 5.54. The first-order chi connectivity index (χ1) is 17.0. The van der Waals surface area contributed by atoms with E-state index in [1.165, 1.54) is 66.7 Å². The number of hydrogen-bond acceptors (Lipinski definition) is 4. The number of unbranched alkanes of at least 4 members (excludes halogenated alkanes) is 1. The van der Waals surface area contributed by atoms with E-state index in [1.54, 1.807) is 0 Å². The van der Waals surface area contributed by atoms with Crippen LogP contribution in [0.4, 0.5) is 11.4 Å². The molecule has 2 aromatic rings. The van der Waals surface area contributed by atoms with Crippen LogP contribution in [0, 0.1) is 13.8 Å². The number of fused-ring (bicyclic) bond motifs is 1. The van der Waals surface area contributed by atoms with Crippen LogP contribution in [0.1, 0.15) is 48.4 Å². The zero-order valence-electron chi connectivity index (χ0n) is 21.8. The summed E-state index contributed by atoms with van der Waals surface area (Å²) >= 11 is 5.95. The molecule has 2 aromatic carbocycles. The molecule has 0 radical (unpaired) electrons. The molecular weight excluding hydrogens is 452 g/mol. The van der Waals surface area contributed by atoms with E-state index in [9.17, 15) is 0 Å². The van der Waals surface area contributed by atoms with Crippen molar-refractivity contribution in [2.75, 3.05) is 62.7 Å². The Morgan fingerprint density at radius 1 is 1.03 bits per heavy atom. The minimum atomic E-state index is 0.795. The summed E-state index contributed by atoms with van der Waals surface area (Å²) in [5.74, 6) is 0. The van der Waals surface area contributed by atoms with Crippen LogP contribution < -0.4 is 10.2 Å². The first-order valence-electron chi connectivity index (χ1n) is 13.3. The third-order valence-electron chi connectivity index (χ3n) is 7.35. The van der Waals surface area contributed by atoms with Crippen molar-refractivity contribution in [1.29, 1.82) is 0 Å². The molecule has 1 fully saturated rings. The molecule has 1 saturated heterocycles. The second-order valence-electron chi connectivity index (χ2n) is 10.0. The molecule has 4 rings (SSSR count). The zero-order chi connectivity index (χ0) is 24.6. The Labute approximate surface area is 217 Å². The van der Waals surface area contributed by atoms with Crippen LogP contribution in [-0.2, 0) is 17.7 Å². The van der Waals surface area contributed by atoms with Crippen molar-refractivity contribution in [1.82, 2.24) is 9.80 Å². The number of rotatable bonds is 9. The van der Waals surface area contributed by atoms with Gasteiger partial charge in [-0.1, -0.05) is 31.5 Å². The van der Waals surface area contributed by atoms with Gasteiger partial charge in [-0.3, -0.25) is 4.90 Å². The van der Waals surface area contributed by atoms with E-state index < -0.39 is 0 Å². The molecule has 0 aliphatic carbocycles. The van der Waals surface area contributed by atoms with Crippen molar-refractivity contribution in [3.05, 3.63) is 58.7 Å². The van der Waals surface area contributed by atoms with E-state index in [4.69, 9.17) is 17.0 Å². The van der Waals surface area contributed by atoms with Crippen molar-refractivity contribution in [2.24, 2.45) is 0 Å². The van der Waals surface area contributed by atoms with Crippen LogP contribution in [0.2, 0.25) is 0 Å². The van der Waals surface area contributed by atoms with Crippen LogP contribution in [0.25, 0.3) is 0 Å². The Morgan fingerprint density at radius 2 is 1.86 bits per heavy atom. The summed E-state index contributed by atoms with van der Waals surface area (Å²) in [4.78, 5) is 7.39. The topological polar surface area (TPSA) is 31.0 Å². The van der Waals surface area contributed by atoms with E-state index in [1.807, 2.05) is 0 Å².